The smallest absolute Gasteiger partial charge is 0.319 e. The number of carbonyl (C=O) groups is 1. The molecule has 0 aliphatic rings. The molecular formula is C10H17ClF2N4O. The average Bonchev–Trinajstić information content (AvgIpc) is 2.74. The third kappa shape index (κ3) is 4.58. The van der Waals surface area contributed by atoms with E-state index in [0.29, 0.717) is 11.0 Å². The normalized spacial score (nSPS) is 12.1. The highest BCUT2D eigenvalue weighted by Gasteiger charge is 2.15. The van der Waals surface area contributed by atoms with Gasteiger partial charge >= 0.3 is 6.55 Å². The molecule has 0 bridgehead atoms. The summed E-state index contributed by atoms with van der Waals surface area (Å²) in [6, 6.07) is -0.602. The van der Waals surface area contributed by atoms with Crippen molar-refractivity contribution in [2.45, 2.75) is 38.9 Å². The zero-order valence-electron chi connectivity index (χ0n) is 9.97. The van der Waals surface area contributed by atoms with Crippen LogP contribution in [0.2, 0.25) is 0 Å². The van der Waals surface area contributed by atoms with Crippen LogP contribution in [0, 0.1) is 0 Å². The van der Waals surface area contributed by atoms with E-state index in [4.69, 9.17) is 5.73 Å². The first kappa shape index (κ1) is 16.8. The SMILES string of the molecule is CCCC(N)C(=O)NCc1nccn1C(F)F.Cl. The van der Waals surface area contributed by atoms with Gasteiger partial charge in [0.05, 0.1) is 12.6 Å². The summed E-state index contributed by atoms with van der Waals surface area (Å²) in [5.74, 6) is -0.243. The van der Waals surface area contributed by atoms with E-state index in [2.05, 4.69) is 10.3 Å². The van der Waals surface area contributed by atoms with E-state index in [-0.39, 0.29) is 30.7 Å². The van der Waals surface area contributed by atoms with E-state index < -0.39 is 12.6 Å². The molecule has 1 unspecified atom stereocenters. The van der Waals surface area contributed by atoms with Crippen LogP contribution in [-0.2, 0) is 11.3 Å². The topological polar surface area (TPSA) is 72.9 Å². The van der Waals surface area contributed by atoms with Crippen molar-refractivity contribution in [3.63, 3.8) is 0 Å². The number of amides is 1. The van der Waals surface area contributed by atoms with Gasteiger partial charge in [0.1, 0.15) is 5.82 Å². The van der Waals surface area contributed by atoms with E-state index in [1.54, 1.807) is 0 Å². The monoisotopic (exact) mass is 282 g/mol. The predicted molar refractivity (Wildman–Crippen MR) is 65.5 cm³/mol. The number of imidazole rings is 1. The van der Waals surface area contributed by atoms with Gasteiger partial charge in [0, 0.05) is 12.4 Å². The highest BCUT2D eigenvalue weighted by molar-refractivity contribution is 5.85. The second kappa shape index (κ2) is 7.99. The van der Waals surface area contributed by atoms with Crippen molar-refractivity contribution in [2.75, 3.05) is 0 Å². The van der Waals surface area contributed by atoms with Crippen molar-refractivity contribution in [1.29, 1.82) is 0 Å². The van der Waals surface area contributed by atoms with Crippen molar-refractivity contribution in [1.82, 2.24) is 14.9 Å². The van der Waals surface area contributed by atoms with Crippen molar-refractivity contribution < 1.29 is 13.6 Å². The van der Waals surface area contributed by atoms with Gasteiger partial charge in [0.15, 0.2) is 0 Å². The average molecular weight is 283 g/mol. The molecule has 1 amide bonds. The molecule has 3 N–H and O–H groups in total. The molecule has 1 rings (SSSR count). The van der Waals surface area contributed by atoms with Gasteiger partial charge in [-0.1, -0.05) is 13.3 Å². The van der Waals surface area contributed by atoms with Gasteiger partial charge in [-0.3, -0.25) is 9.36 Å². The zero-order valence-corrected chi connectivity index (χ0v) is 10.8. The van der Waals surface area contributed by atoms with Gasteiger partial charge < -0.3 is 11.1 Å². The molecule has 1 heterocycles. The van der Waals surface area contributed by atoms with Crippen LogP contribution in [0.5, 0.6) is 0 Å². The van der Waals surface area contributed by atoms with Crippen molar-refractivity contribution in [3.8, 4) is 0 Å². The molecule has 0 saturated heterocycles. The molecule has 0 aliphatic carbocycles. The Bertz CT molecular complexity index is 373. The van der Waals surface area contributed by atoms with Gasteiger partial charge in [-0.05, 0) is 6.42 Å². The van der Waals surface area contributed by atoms with Gasteiger partial charge in [0.2, 0.25) is 5.91 Å². The van der Waals surface area contributed by atoms with Gasteiger partial charge in [-0.25, -0.2) is 4.98 Å². The highest BCUT2D eigenvalue weighted by atomic mass is 35.5. The molecule has 0 spiro atoms. The molecule has 8 heteroatoms. The molecule has 0 saturated carbocycles. The summed E-state index contributed by atoms with van der Waals surface area (Å²) in [4.78, 5) is 15.2. The number of nitrogens with zero attached hydrogens (tertiary/aromatic N) is 2. The summed E-state index contributed by atoms with van der Waals surface area (Å²) in [7, 11) is 0. The molecule has 1 aromatic rings. The summed E-state index contributed by atoms with van der Waals surface area (Å²) in [6.45, 7) is -0.793. The summed E-state index contributed by atoms with van der Waals surface area (Å²) in [5, 5.41) is 2.48. The number of halogens is 3. The second-order valence-corrected chi connectivity index (χ2v) is 3.64. The number of nitrogens with two attached hydrogens (primary N) is 1. The third-order valence-electron chi connectivity index (χ3n) is 2.32. The van der Waals surface area contributed by atoms with Crippen LogP contribution in [0.1, 0.15) is 32.1 Å². The number of hydrogen-bond donors (Lipinski definition) is 2. The van der Waals surface area contributed by atoms with Crippen molar-refractivity contribution in [3.05, 3.63) is 18.2 Å². The number of carbonyl (C=O) groups excluding carboxylic acids is 1. The summed E-state index contributed by atoms with van der Waals surface area (Å²) >= 11 is 0. The lowest BCUT2D eigenvalue weighted by Gasteiger charge is -2.11. The maximum absolute atomic E-state index is 12.5. The fraction of sp³-hybridized carbons (Fsp3) is 0.600. The Morgan fingerprint density at radius 1 is 1.61 bits per heavy atom. The van der Waals surface area contributed by atoms with Gasteiger partial charge in [0.25, 0.3) is 0 Å². The molecule has 5 nitrogen and oxygen atoms in total. The Morgan fingerprint density at radius 3 is 2.83 bits per heavy atom. The number of hydrogen-bond acceptors (Lipinski definition) is 3. The Kier molecular flexibility index (Phi) is 7.45. The molecule has 0 aromatic carbocycles. The van der Waals surface area contributed by atoms with E-state index in [0.717, 1.165) is 12.6 Å². The second-order valence-electron chi connectivity index (χ2n) is 3.64. The fourth-order valence-electron chi connectivity index (χ4n) is 1.40. The fourth-order valence-corrected chi connectivity index (χ4v) is 1.40. The summed E-state index contributed by atoms with van der Waals surface area (Å²) in [5.41, 5.74) is 5.58. The van der Waals surface area contributed by atoms with Crippen LogP contribution in [0.3, 0.4) is 0 Å². The standard InChI is InChI=1S/C10H16F2N4O.ClH/c1-2-3-7(13)9(17)15-6-8-14-4-5-16(8)10(11)12;/h4-5,7,10H,2-3,6,13H2,1H3,(H,15,17);1H. The Labute approximate surface area is 110 Å². The Morgan fingerprint density at radius 2 is 2.28 bits per heavy atom. The lowest BCUT2D eigenvalue weighted by molar-refractivity contribution is -0.122. The molecular weight excluding hydrogens is 266 g/mol. The Hall–Kier alpha value is -1.21. The van der Waals surface area contributed by atoms with Crippen molar-refractivity contribution in [2.24, 2.45) is 5.73 Å². The molecule has 1 aromatic heterocycles. The first-order valence-corrected chi connectivity index (χ1v) is 5.39. The van der Waals surface area contributed by atoms with Crippen LogP contribution in [0.4, 0.5) is 8.78 Å². The first-order valence-electron chi connectivity index (χ1n) is 5.39. The third-order valence-corrected chi connectivity index (χ3v) is 2.32. The van der Waals surface area contributed by atoms with E-state index >= 15 is 0 Å². The molecule has 18 heavy (non-hydrogen) atoms. The summed E-state index contributed by atoms with van der Waals surface area (Å²) < 4.78 is 25.6. The number of nitrogens with one attached hydrogen (secondary N) is 1. The van der Waals surface area contributed by atoms with Crippen LogP contribution >= 0.6 is 12.4 Å². The lowest BCUT2D eigenvalue weighted by Crippen LogP contribution is -2.40. The number of rotatable bonds is 6. The molecule has 1 atom stereocenters. The molecule has 104 valence electrons. The largest absolute Gasteiger partial charge is 0.348 e. The van der Waals surface area contributed by atoms with Crippen LogP contribution in [0.15, 0.2) is 12.4 Å². The number of aromatic nitrogens is 2. The minimum Gasteiger partial charge on any atom is -0.348 e. The predicted octanol–water partition coefficient (Wildman–Crippen LogP) is 1.44. The quantitative estimate of drug-likeness (QED) is 0.829. The van der Waals surface area contributed by atoms with Gasteiger partial charge in [-0.15, -0.1) is 12.4 Å². The molecule has 0 aliphatic heterocycles. The molecule has 0 fully saturated rings. The van der Waals surface area contributed by atoms with Crippen LogP contribution < -0.4 is 11.1 Å². The Balaban J connectivity index is 0.00000289. The lowest BCUT2D eigenvalue weighted by atomic mass is 10.2. The van der Waals surface area contributed by atoms with Crippen LogP contribution in [0.25, 0.3) is 0 Å². The highest BCUT2D eigenvalue weighted by Crippen LogP contribution is 2.11. The first-order chi connectivity index (χ1) is 8.06. The van der Waals surface area contributed by atoms with E-state index in [1.165, 1.54) is 6.20 Å². The minimum absolute atomic E-state index is 0. The van der Waals surface area contributed by atoms with Crippen LogP contribution in [-0.4, -0.2) is 21.5 Å². The maximum Gasteiger partial charge on any atom is 0.319 e. The molecule has 0 radical (unpaired) electrons. The summed E-state index contributed by atoms with van der Waals surface area (Å²) in [6.07, 6.45) is 3.78. The number of alkyl halides is 2. The minimum atomic E-state index is -2.66. The van der Waals surface area contributed by atoms with E-state index in [9.17, 15) is 13.6 Å². The van der Waals surface area contributed by atoms with Crippen molar-refractivity contribution >= 4 is 18.3 Å². The zero-order chi connectivity index (χ0) is 12.8. The van der Waals surface area contributed by atoms with Gasteiger partial charge in [-0.2, -0.15) is 8.78 Å². The van der Waals surface area contributed by atoms with E-state index in [1.807, 2.05) is 6.92 Å². The maximum atomic E-state index is 12.5.